The number of anilines is 1. The number of nitrogens with zero attached hydrogens (tertiary/aromatic N) is 2. The van der Waals surface area contributed by atoms with Gasteiger partial charge in [0, 0.05) is 36.1 Å². The van der Waals surface area contributed by atoms with Crippen molar-refractivity contribution in [3.05, 3.63) is 59.9 Å². The van der Waals surface area contributed by atoms with Crippen LogP contribution in [0.4, 0.5) is 5.69 Å². The zero-order valence-electron chi connectivity index (χ0n) is 15.9. The quantitative estimate of drug-likeness (QED) is 0.796. The summed E-state index contributed by atoms with van der Waals surface area (Å²) in [6.07, 6.45) is 5.22. The summed E-state index contributed by atoms with van der Waals surface area (Å²) < 4.78 is 25.6. The fourth-order valence-corrected chi connectivity index (χ4v) is 5.29. The van der Waals surface area contributed by atoms with Gasteiger partial charge in [-0.15, -0.1) is 0 Å². The molecule has 0 spiro atoms. The number of piperidine rings is 1. The molecule has 0 amide bonds. The van der Waals surface area contributed by atoms with Gasteiger partial charge >= 0.3 is 0 Å². The maximum absolute atomic E-state index is 11.5. The van der Waals surface area contributed by atoms with Crippen molar-refractivity contribution in [3.63, 3.8) is 0 Å². The number of aromatic nitrogens is 1. The fourth-order valence-electron chi connectivity index (χ4n) is 4.73. The average Bonchev–Trinajstić information content (AvgIpc) is 2.98. The number of rotatable bonds is 7. The lowest BCUT2D eigenvalue weighted by Crippen LogP contribution is -2.30. The number of benzene rings is 1. The first-order valence-corrected chi connectivity index (χ1v) is 11.5. The molecule has 2 atom stereocenters. The maximum Gasteiger partial charge on any atom is 0.229 e. The van der Waals surface area contributed by atoms with Gasteiger partial charge in [0.25, 0.3) is 0 Å². The van der Waals surface area contributed by atoms with Crippen LogP contribution in [0.2, 0.25) is 0 Å². The van der Waals surface area contributed by atoms with Crippen LogP contribution >= 0.6 is 0 Å². The summed E-state index contributed by atoms with van der Waals surface area (Å²) in [5, 5.41) is 0. The molecule has 1 aromatic heterocycles. The van der Waals surface area contributed by atoms with E-state index in [4.69, 9.17) is 0 Å². The minimum Gasteiger partial charge on any atom is -0.303 e. The van der Waals surface area contributed by atoms with Crippen LogP contribution in [0, 0.1) is 11.8 Å². The molecule has 27 heavy (non-hydrogen) atoms. The van der Waals surface area contributed by atoms with Crippen LogP contribution in [0.25, 0.3) is 0 Å². The summed E-state index contributed by atoms with van der Waals surface area (Å²) >= 11 is 0. The second-order valence-electron chi connectivity index (χ2n) is 8.13. The largest absolute Gasteiger partial charge is 0.303 e. The van der Waals surface area contributed by atoms with Crippen molar-refractivity contribution in [1.82, 2.24) is 9.88 Å². The van der Waals surface area contributed by atoms with Crippen molar-refractivity contribution in [2.45, 2.75) is 25.2 Å². The smallest absolute Gasteiger partial charge is 0.229 e. The van der Waals surface area contributed by atoms with Crippen LogP contribution in [-0.2, 0) is 21.9 Å². The summed E-state index contributed by atoms with van der Waals surface area (Å²) in [7, 11) is -3.24. The second kappa shape index (κ2) is 6.91. The van der Waals surface area contributed by atoms with E-state index in [0.29, 0.717) is 17.5 Å². The van der Waals surface area contributed by atoms with Gasteiger partial charge in [-0.05, 0) is 61.1 Å². The Hall–Kier alpha value is -1.92. The minimum atomic E-state index is -3.24. The molecule has 1 N–H and O–H groups in total. The predicted octanol–water partition coefficient (Wildman–Crippen LogP) is 2.91. The van der Waals surface area contributed by atoms with Crippen LogP contribution < -0.4 is 4.72 Å². The second-order valence-corrected chi connectivity index (χ2v) is 9.88. The molecule has 6 heteroatoms. The summed E-state index contributed by atoms with van der Waals surface area (Å²) in [6.45, 7) is 5.71. The molecule has 1 saturated heterocycles. The first-order valence-electron chi connectivity index (χ1n) is 9.57. The molecule has 1 aliphatic carbocycles. The SMILES string of the molecule is CC1(c2cccc(NS(C)(=O)=O)c2)C2CN(CCCc3ccccn3)CC21. The molecule has 5 nitrogen and oxygen atoms in total. The Morgan fingerprint density at radius 3 is 2.63 bits per heavy atom. The lowest BCUT2D eigenvalue weighted by molar-refractivity contribution is 0.274. The van der Waals surface area contributed by atoms with E-state index in [1.807, 2.05) is 36.5 Å². The highest BCUT2D eigenvalue weighted by Gasteiger charge is 2.65. The van der Waals surface area contributed by atoms with Crippen LogP contribution in [0.5, 0.6) is 0 Å². The van der Waals surface area contributed by atoms with E-state index in [-0.39, 0.29) is 5.41 Å². The van der Waals surface area contributed by atoms with Crippen LogP contribution in [-0.4, -0.2) is 44.2 Å². The Balaban J connectivity index is 1.33. The number of pyridine rings is 1. The Labute approximate surface area is 161 Å². The first kappa shape index (κ1) is 18.4. The zero-order valence-corrected chi connectivity index (χ0v) is 16.7. The number of hydrogen-bond donors (Lipinski definition) is 1. The van der Waals surface area contributed by atoms with E-state index < -0.39 is 10.0 Å². The van der Waals surface area contributed by atoms with Crippen LogP contribution in [0.15, 0.2) is 48.7 Å². The van der Waals surface area contributed by atoms with E-state index >= 15 is 0 Å². The van der Waals surface area contributed by atoms with Crippen molar-refractivity contribution in [1.29, 1.82) is 0 Å². The van der Waals surface area contributed by atoms with Crippen molar-refractivity contribution in [3.8, 4) is 0 Å². The van der Waals surface area contributed by atoms with Crippen molar-refractivity contribution in [2.75, 3.05) is 30.6 Å². The maximum atomic E-state index is 11.5. The molecule has 2 heterocycles. The summed E-state index contributed by atoms with van der Waals surface area (Å²) in [4.78, 5) is 6.96. The highest BCUT2D eigenvalue weighted by atomic mass is 32.2. The van der Waals surface area contributed by atoms with Crippen LogP contribution in [0.1, 0.15) is 24.6 Å². The average molecular weight is 386 g/mol. The molecule has 2 aliphatic rings. The summed E-state index contributed by atoms with van der Waals surface area (Å²) in [5.74, 6) is 1.33. The molecular formula is C21H27N3O2S. The lowest BCUT2D eigenvalue weighted by atomic mass is 9.92. The Kier molecular flexibility index (Phi) is 4.72. The van der Waals surface area contributed by atoms with E-state index in [0.717, 1.165) is 32.5 Å². The molecule has 144 valence electrons. The van der Waals surface area contributed by atoms with Gasteiger partial charge in [0.05, 0.1) is 6.26 Å². The minimum absolute atomic E-state index is 0.173. The summed E-state index contributed by atoms with van der Waals surface area (Å²) in [5.41, 5.74) is 3.25. The highest BCUT2D eigenvalue weighted by molar-refractivity contribution is 7.92. The molecule has 1 aromatic carbocycles. The molecule has 2 aromatic rings. The number of nitrogens with one attached hydrogen (secondary N) is 1. The zero-order chi connectivity index (χ0) is 19.1. The summed E-state index contributed by atoms with van der Waals surface area (Å²) in [6, 6.07) is 14.0. The topological polar surface area (TPSA) is 62.3 Å². The lowest BCUT2D eigenvalue weighted by Gasteiger charge is -2.24. The fraction of sp³-hybridized carbons (Fsp3) is 0.476. The molecule has 0 radical (unpaired) electrons. The number of likely N-dealkylation sites (tertiary alicyclic amines) is 1. The van der Waals surface area contributed by atoms with Crippen LogP contribution in [0.3, 0.4) is 0 Å². The molecule has 1 aliphatic heterocycles. The molecule has 1 saturated carbocycles. The van der Waals surface area contributed by atoms with Crippen molar-refractivity contribution in [2.24, 2.45) is 11.8 Å². The third-order valence-corrected chi connectivity index (χ3v) is 6.85. The van der Waals surface area contributed by atoms with Gasteiger partial charge in [0.15, 0.2) is 0 Å². The van der Waals surface area contributed by atoms with Gasteiger partial charge in [0.2, 0.25) is 10.0 Å². The Morgan fingerprint density at radius 2 is 1.96 bits per heavy atom. The Bertz CT molecular complexity index is 902. The van der Waals surface area contributed by atoms with Crippen molar-refractivity contribution < 1.29 is 8.42 Å². The standard InChI is InChI=1S/C21H27N3O2S/c1-21(16-7-5-9-18(13-16)23-27(2,25)26)19-14-24(15-20(19)21)12-6-10-17-8-3-4-11-22-17/h3-5,7-9,11,13,19-20,23H,6,10,12,14-15H2,1-2H3. The highest BCUT2D eigenvalue weighted by Crippen LogP contribution is 2.63. The van der Waals surface area contributed by atoms with Gasteiger partial charge in [-0.1, -0.05) is 25.1 Å². The van der Waals surface area contributed by atoms with E-state index in [9.17, 15) is 8.42 Å². The predicted molar refractivity (Wildman–Crippen MR) is 108 cm³/mol. The number of fused-ring (bicyclic) bond motifs is 1. The van der Waals surface area contributed by atoms with Gasteiger partial charge in [0.1, 0.15) is 0 Å². The Morgan fingerprint density at radius 1 is 1.19 bits per heavy atom. The first-order chi connectivity index (χ1) is 12.9. The van der Waals surface area contributed by atoms with E-state index in [2.05, 4.69) is 33.7 Å². The van der Waals surface area contributed by atoms with E-state index in [1.165, 1.54) is 17.5 Å². The third kappa shape index (κ3) is 3.87. The third-order valence-electron chi connectivity index (χ3n) is 6.25. The molecule has 4 rings (SSSR count). The number of sulfonamides is 1. The molecule has 2 fully saturated rings. The van der Waals surface area contributed by atoms with Gasteiger partial charge < -0.3 is 4.90 Å². The van der Waals surface area contributed by atoms with Crippen molar-refractivity contribution >= 4 is 15.7 Å². The monoisotopic (exact) mass is 385 g/mol. The van der Waals surface area contributed by atoms with E-state index in [1.54, 1.807) is 0 Å². The van der Waals surface area contributed by atoms with Gasteiger partial charge in [-0.2, -0.15) is 0 Å². The molecule has 2 unspecified atom stereocenters. The molecular weight excluding hydrogens is 358 g/mol. The normalized spacial score (nSPS) is 27.3. The number of hydrogen-bond acceptors (Lipinski definition) is 4. The molecule has 0 bridgehead atoms. The van der Waals surface area contributed by atoms with Gasteiger partial charge in [-0.25, -0.2) is 8.42 Å². The van der Waals surface area contributed by atoms with Gasteiger partial charge in [-0.3, -0.25) is 9.71 Å². The number of aryl methyl sites for hydroxylation is 1.